The van der Waals surface area contributed by atoms with Crippen LogP contribution in [0.2, 0.25) is 0 Å². The molecule has 0 saturated heterocycles. The number of ether oxygens (including phenoxy) is 1. The van der Waals surface area contributed by atoms with Crippen LogP contribution in [-0.4, -0.2) is 39.9 Å². The maximum Gasteiger partial charge on any atom is 0.408 e. The highest BCUT2D eigenvalue weighted by atomic mass is 16.6. The number of carboxylic acid groups (broad SMARTS) is 2. The maximum atomic E-state index is 11.7. The van der Waals surface area contributed by atoms with E-state index in [9.17, 15) is 24.6 Å². The Morgan fingerprint density at radius 3 is 2.29 bits per heavy atom. The van der Waals surface area contributed by atoms with Crippen LogP contribution in [0.3, 0.4) is 0 Å². The minimum absolute atomic E-state index is 0.253. The molecule has 1 aliphatic carbocycles. The van der Waals surface area contributed by atoms with Gasteiger partial charge >= 0.3 is 18.0 Å². The van der Waals surface area contributed by atoms with E-state index >= 15 is 0 Å². The van der Waals surface area contributed by atoms with E-state index in [4.69, 9.17) is 4.74 Å². The molecule has 1 fully saturated rings. The van der Waals surface area contributed by atoms with Gasteiger partial charge in [-0.25, -0.2) is 9.59 Å². The monoisotopic (exact) mass is 301 g/mol. The molecular weight excluding hydrogens is 278 g/mol. The highest BCUT2D eigenvalue weighted by molar-refractivity contribution is 5.85. The van der Waals surface area contributed by atoms with Gasteiger partial charge < -0.3 is 20.3 Å². The summed E-state index contributed by atoms with van der Waals surface area (Å²) >= 11 is 0. The van der Waals surface area contributed by atoms with Crippen molar-refractivity contribution in [2.24, 2.45) is 11.3 Å². The highest BCUT2D eigenvalue weighted by Gasteiger charge is 2.64. The van der Waals surface area contributed by atoms with Crippen molar-refractivity contribution in [2.45, 2.75) is 58.6 Å². The van der Waals surface area contributed by atoms with Gasteiger partial charge in [0.1, 0.15) is 11.6 Å². The number of hydrogen-bond acceptors (Lipinski definition) is 4. The van der Waals surface area contributed by atoms with Gasteiger partial charge in [0.25, 0.3) is 0 Å². The number of alkyl carbamates (subject to hydrolysis) is 1. The number of carboxylic acids is 2. The lowest BCUT2D eigenvalue weighted by molar-refractivity contribution is -0.145. The van der Waals surface area contributed by atoms with Crippen molar-refractivity contribution < 1.29 is 29.3 Å². The summed E-state index contributed by atoms with van der Waals surface area (Å²) in [7, 11) is 0. The van der Waals surface area contributed by atoms with Crippen molar-refractivity contribution in [3.8, 4) is 0 Å². The molecule has 21 heavy (non-hydrogen) atoms. The smallest absolute Gasteiger partial charge is 0.408 e. The summed E-state index contributed by atoms with van der Waals surface area (Å²) in [4.78, 5) is 34.4. The van der Waals surface area contributed by atoms with E-state index in [1.807, 2.05) is 6.92 Å². The summed E-state index contributed by atoms with van der Waals surface area (Å²) in [5.74, 6) is -2.86. The summed E-state index contributed by atoms with van der Waals surface area (Å²) in [5.41, 5.74) is -1.79. The van der Waals surface area contributed by atoms with Crippen molar-refractivity contribution in [3.05, 3.63) is 0 Å². The van der Waals surface area contributed by atoms with Gasteiger partial charge in [0.2, 0.25) is 0 Å². The molecule has 3 atom stereocenters. The van der Waals surface area contributed by atoms with Gasteiger partial charge in [-0.1, -0.05) is 13.3 Å². The van der Waals surface area contributed by atoms with Crippen LogP contribution >= 0.6 is 0 Å². The Morgan fingerprint density at radius 1 is 1.33 bits per heavy atom. The number of carbonyl (C=O) groups is 3. The fraction of sp³-hybridized carbons (Fsp3) is 0.786. The van der Waals surface area contributed by atoms with Gasteiger partial charge in [0, 0.05) is 5.92 Å². The van der Waals surface area contributed by atoms with E-state index in [0.29, 0.717) is 12.8 Å². The average molecular weight is 301 g/mol. The Labute approximate surface area is 123 Å². The fourth-order valence-electron chi connectivity index (χ4n) is 2.63. The normalized spacial score (nSPS) is 25.8. The van der Waals surface area contributed by atoms with E-state index in [1.54, 1.807) is 20.8 Å². The summed E-state index contributed by atoms with van der Waals surface area (Å²) in [6, 6.07) is -1.25. The van der Waals surface area contributed by atoms with Crippen LogP contribution < -0.4 is 5.32 Å². The first-order chi connectivity index (χ1) is 9.53. The van der Waals surface area contributed by atoms with Crippen molar-refractivity contribution in [1.29, 1.82) is 0 Å². The van der Waals surface area contributed by atoms with Crippen LogP contribution in [0.4, 0.5) is 4.79 Å². The topological polar surface area (TPSA) is 113 Å². The van der Waals surface area contributed by atoms with Crippen LogP contribution in [0, 0.1) is 11.3 Å². The molecule has 0 aromatic rings. The quantitative estimate of drug-likeness (QED) is 0.690. The van der Waals surface area contributed by atoms with E-state index in [2.05, 4.69) is 5.32 Å². The Kier molecular flexibility index (Phi) is 4.86. The number of amides is 1. The molecule has 0 unspecified atom stereocenters. The Morgan fingerprint density at radius 2 is 1.90 bits per heavy atom. The molecule has 3 N–H and O–H groups in total. The van der Waals surface area contributed by atoms with Crippen molar-refractivity contribution in [3.63, 3.8) is 0 Å². The molecular formula is C14H23NO6. The first-order valence-electron chi connectivity index (χ1n) is 6.99. The standard InChI is InChI=1S/C14H23NO6/c1-5-6-14(11(18)19)7-8(14)9(10(16)17)15-12(20)21-13(2,3)4/h8-9H,5-7H2,1-4H3,(H,15,20)(H,16,17)(H,18,19)/t8-,9-,14-/m0/s1. The van der Waals surface area contributed by atoms with Gasteiger partial charge in [-0.3, -0.25) is 4.79 Å². The third-order valence-corrected chi connectivity index (χ3v) is 3.60. The first-order valence-corrected chi connectivity index (χ1v) is 6.99. The molecule has 1 saturated carbocycles. The van der Waals surface area contributed by atoms with Gasteiger partial charge in [-0.15, -0.1) is 0 Å². The zero-order chi connectivity index (χ0) is 16.4. The minimum atomic E-state index is -1.25. The molecule has 0 aromatic heterocycles. The van der Waals surface area contributed by atoms with Gasteiger partial charge in [0.05, 0.1) is 5.41 Å². The second-order valence-electron chi connectivity index (χ2n) is 6.48. The van der Waals surface area contributed by atoms with Gasteiger partial charge in [0.15, 0.2) is 0 Å². The van der Waals surface area contributed by atoms with E-state index in [0.717, 1.165) is 0 Å². The van der Waals surface area contributed by atoms with Crippen molar-refractivity contribution in [1.82, 2.24) is 5.32 Å². The lowest BCUT2D eigenvalue weighted by atomic mass is 9.94. The van der Waals surface area contributed by atoms with Crippen LogP contribution in [0.1, 0.15) is 47.0 Å². The van der Waals surface area contributed by atoms with Crippen molar-refractivity contribution in [2.75, 3.05) is 0 Å². The predicted octanol–water partition coefficient (Wildman–Crippen LogP) is 1.86. The maximum absolute atomic E-state index is 11.7. The highest BCUT2D eigenvalue weighted by Crippen LogP contribution is 2.57. The van der Waals surface area contributed by atoms with E-state index < -0.39 is 41.0 Å². The number of nitrogens with one attached hydrogen (secondary N) is 1. The second kappa shape index (κ2) is 5.91. The Bertz CT molecular complexity index is 441. The number of hydrogen-bond donors (Lipinski definition) is 3. The molecule has 1 rings (SSSR count). The van der Waals surface area contributed by atoms with Gasteiger partial charge in [-0.05, 0) is 33.6 Å². The SMILES string of the molecule is CCC[C@]1(C(=O)O)C[C@H]1[C@H](NC(=O)OC(C)(C)C)C(=O)O. The number of rotatable bonds is 6. The second-order valence-corrected chi connectivity index (χ2v) is 6.48. The summed E-state index contributed by atoms with van der Waals surface area (Å²) in [5, 5.41) is 20.8. The van der Waals surface area contributed by atoms with Crippen LogP contribution in [-0.2, 0) is 14.3 Å². The molecule has 0 aromatic carbocycles. The summed E-state index contributed by atoms with van der Waals surface area (Å²) < 4.78 is 5.02. The molecule has 120 valence electrons. The number of carbonyl (C=O) groups excluding carboxylic acids is 1. The molecule has 0 heterocycles. The van der Waals surface area contributed by atoms with E-state index in [-0.39, 0.29) is 6.42 Å². The van der Waals surface area contributed by atoms with E-state index in [1.165, 1.54) is 0 Å². The minimum Gasteiger partial charge on any atom is -0.481 e. The zero-order valence-electron chi connectivity index (χ0n) is 12.8. The molecule has 0 radical (unpaired) electrons. The third-order valence-electron chi connectivity index (χ3n) is 3.60. The largest absolute Gasteiger partial charge is 0.481 e. The van der Waals surface area contributed by atoms with Crippen LogP contribution in [0.5, 0.6) is 0 Å². The van der Waals surface area contributed by atoms with Crippen LogP contribution in [0.15, 0.2) is 0 Å². The summed E-state index contributed by atoms with van der Waals surface area (Å²) in [6.07, 6.45) is 0.440. The molecule has 7 nitrogen and oxygen atoms in total. The molecule has 1 aliphatic rings. The summed E-state index contributed by atoms with van der Waals surface area (Å²) in [6.45, 7) is 6.84. The third kappa shape index (κ3) is 4.09. The predicted molar refractivity (Wildman–Crippen MR) is 73.9 cm³/mol. The Hall–Kier alpha value is -1.79. The molecule has 0 bridgehead atoms. The Balaban J connectivity index is 2.79. The van der Waals surface area contributed by atoms with Crippen molar-refractivity contribution >= 4 is 18.0 Å². The lowest BCUT2D eigenvalue weighted by Gasteiger charge is -2.23. The lowest BCUT2D eigenvalue weighted by Crippen LogP contribution is -2.46. The molecule has 1 amide bonds. The number of aliphatic carboxylic acids is 2. The fourth-order valence-corrected chi connectivity index (χ4v) is 2.63. The molecule has 7 heteroatoms. The average Bonchev–Trinajstić information content (AvgIpc) is 2.99. The molecule has 0 aliphatic heterocycles. The molecule has 0 spiro atoms. The van der Waals surface area contributed by atoms with Crippen LogP contribution in [0.25, 0.3) is 0 Å². The first kappa shape index (κ1) is 17.3. The zero-order valence-corrected chi connectivity index (χ0v) is 12.8. The van der Waals surface area contributed by atoms with Gasteiger partial charge in [-0.2, -0.15) is 0 Å².